The average molecular weight is 959 g/mol. The number of unbranched alkanes of at least 4 members (excludes halogenated alkanes) is 2. The minimum atomic E-state index is -4.22. The van der Waals surface area contributed by atoms with Gasteiger partial charge in [0.25, 0.3) is 0 Å². The third-order valence-corrected chi connectivity index (χ3v) is 10.7. The number of halogens is 10. The zero-order valence-corrected chi connectivity index (χ0v) is 37.3. The average Bonchev–Trinajstić information content (AvgIpc) is 3.30. The van der Waals surface area contributed by atoms with Crippen molar-refractivity contribution in [3.63, 3.8) is 0 Å². The molecule has 0 aliphatic rings. The molecule has 0 atom stereocenters. The van der Waals surface area contributed by atoms with Gasteiger partial charge < -0.3 is 28.4 Å². The number of benzene rings is 6. The monoisotopic (exact) mass is 958 g/mol. The molecule has 0 unspecified atom stereocenters. The summed E-state index contributed by atoms with van der Waals surface area (Å²) in [5.41, 5.74) is -1.51. The van der Waals surface area contributed by atoms with Crippen LogP contribution >= 0.6 is 0 Å². The standard InChI is InChI=1S/C52H48F10O6/c1-4-63-45-26-24-41(47(55)49(45)57)51(59,60)67-35-16-12-33(13-17-35)39-22-20-37(30-43(39)53)65-28-8-6-10-32(3)11-7-9-29-66-38-21-23-40(44(54)31-38)34-14-18-36(19-15-34)68-52(61,62)42-25-27-46(64-5-2)50(58)48(42)56/h12-27,30-32H,4-11,28-29H2,1-3H3. The third kappa shape index (κ3) is 12.9. The Balaban J connectivity index is 0.867. The van der Waals surface area contributed by atoms with E-state index in [1.165, 1.54) is 86.6 Å². The van der Waals surface area contributed by atoms with Crippen molar-refractivity contribution in [2.75, 3.05) is 26.4 Å². The Labute approximate surface area is 387 Å². The van der Waals surface area contributed by atoms with E-state index >= 15 is 8.78 Å². The normalized spacial score (nSPS) is 11.7. The molecule has 0 bridgehead atoms. The molecule has 6 nitrogen and oxygen atoms in total. The predicted octanol–water partition coefficient (Wildman–Crippen LogP) is 15.3. The van der Waals surface area contributed by atoms with Crippen LogP contribution in [0.3, 0.4) is 0 Å². The Morgan fingerprint density at radius 3 is 1.15 bits per heavy atom. The summed E-state index contributed by atoms with van der Waals surface area (Å²) in [6.07, 6.45) is -3.32. The van der Waals surface area contributed by atoms with Crippen molar-refractivity contribution >= 4 is 0 Å². The quantitative estimate of drug-likeness (QED) is 0.0445. The SMILES string of the molecule is CCOc1ccc(C(F)(F)Oc2ccc(-c3ccc(OCCCCC(C)CCCCOc4ccc(-c5ccc(OC(F)(F)c6ccc(OCC)c(F)c6F)cc5)c(F)c4)cc3F)cc2)c(F)c1F. The van der Waals surface area contributed by atoms with Gasteiger partial charge in [-0.15, -0.1) is 0 Å². The van der Waals surface area contributed by atoms with E-state index in [-0.39, 0.29) is 35.8 Å². The molecule has 68 heavy (non-hydrogen) atoms. The summed E-state index contributed by atoms with van der Waals surface area (Å²) in [4.78, 5) is 0. The zero-order valence-electron chi connectivity index (χ0n) is 37.3. The number of hydrogen-bond acceptors (Lipinski definition) is 6. The molecule has 0 radical (unpaired) electrons. The fraction of sp³-hybridized carbons (Fsp3) is 0.308. The second-order valence-electron chi connectivity index (χ2n) is 15.7. The van der Waals surface area contributed by atoms with Crippen LogP contribution < -0.4 is 28.4 Å². The zero-order chi connectivity index (χ0) is 49.0. The minimum Gasteiger partial charge on any atom is -0.493 e. The van der Waals surface area contributed by atoms with E-state index in [2.05, 4.69) is 6.92 Å². The van der Waals surface area contributed by atoms with E-state index in [0.717, 1.165) is 50.7 Å². The van der Waals surface area contributed by atoms with Crippen molar-refractivity contribution in [1.82, 2.24) is 0 Å². The van der Waals surface area contributed by atoms with Crippen LogP contribution in [-0.4, -0.2) is 26.4 Å². The highest BCUT2D eigenvalue weighted by molar-refractivity contribution is 5.67. The summed E-state index contributed by atoms with van der Waals surface area (Å²) in [7, 11) is 0. The highest BCUT2D eigenvalue weighted by Gasteiger charge is 2.41. The van der Waals surface area contributed by atoms with E-state index in [9.17, 15) is 35.1 Å². The summed E-state index contributed by atoms with van der Waals surface area (Å²) in [5, 5.41) is 0. The van der Waals surface area contributed by atoms with Gasteiger partial charge in [0.1, 0.15) is 45.8 Å². The third-order valence-electron chi connectivity index (χ3n) is 10.7. The number of rotatable bonds is 24. The molecule has 0 heterocycles. The molecule has 6 aromatic rings. The largest absolute Gasteiger partial charge is 0.493 e. The molecular weight excluding hydrogens is 911 g/mol. The van der Waals surface area contributed by atoms with Crippen molar-refractivity contribution < 1.29 is 72.3 Å². The molecule has 0 fully saturated rings. The van der Waals surface area contributed by atoms with Crippen molar-refractivity contribution in [3.8, 4) is 56.8 Å². The van der Waals surface area contributed by atoms with E-state index in [0.29, 0.717) is 53.9 Å². The van der Waals surface area contributed by atoms with Crippen LogP contribution in [0.5, 0.6) is 34.5 Å². The second kappa shape index (κ2) is 22.9. The van der Waals surface area contributed by atoms with Crippen LogP contribution in [-0.2, 0) is 12.2 Å². The topological polar surface area (TPSA) is 55.4 Å². The first kappa shape index (κ1) is 50.8. The van der Waals surface area contributed by atoms with E-state index in [1.807, 2.05) is 0 Å². The molecule has 0 aliphatic carbocycles. The first-order valence-electron chi connectivity index (χ1n) is 21.9. The first-order valence-corrected chi connectivity index (χ1v) is 21.9. The lowest BCUT2D eigenvalue weighted by atomic mass is 9.98. The van der Waals surface area contributed by atoms with Gasteiger partial charge in [0, 0.05) is 23.3 Å². The van der Waals surface area contributed by atoms with Crippen LogP contribution in [0.1, 0.15) is 70.4 Å². The Morgan fingerprint density at radius 1 is 0.426 bits per heavy atom. The summed E-state index contributed by atoms with van der Waals surface area (Å²) in [6, 6.07) is 21.9. The van der Waals surface area contributed by atoms with Crippen LogP contribution in [0.15, 0.2) is 109 Å². The van der Waals surface area contributed by atoms with Crippen LogP contribution in [0.25, 0.3) is 22.3 Å². The molecule has 0 spiro atoms. The minimum absolute atomic E-state index is 0.0117. The van der Waals surface area contributed by atoms with E-state index < -0.39 is 69.7 Å². The highest BCUT2D eigenvalue weighted by atomic mass is 19.3. The maximum Gasteiger partial charge on any atom is 0.429 e. The summed E-state index contributed by atoms with van der Waals surface area (Å²) < 4.78 is 177. The van der Waals surface area contributed by atoms with Gasteiger partial charge in [0.05, 0.1) is 26.4 Å². The lowest BCUT2D eigenvalue weighted by Gasteiger charge is -2.20. The number of ether oxygens (including phenoxy) is 6. The van der Waals surface area contributed by atoms with Crippen molar-refractivity contribution in [2.24, 2.45) is 5.92 Å². The van der Waals surface area contributed by atoms with Gasteiger partial charge >= 0.3 is 12.2 Å². The molecule has 6 rings (SSSR count). The molecule has 0 saturated heterocycles. The first-order chi connectivity index (χ1) is 32.5. The van der Waals surface area contributed by atoms with Gasteiger partial charge in [-0.05, 0) is 129 Å². The Morgan fingerprint density at radius 2 is 0.794 bits per heavy atom. The fourth-order valence-corrected chi connectivity index (χ4v) is 7.21. The van der Waals surface area contributed by atoms with Crippen molar-refractivity contribution in [2.45, 2.75) is 71.5 Å². The van der Waals surface area contributed by atoms with Gasteiger partial charge in [-0.2, -0.15) is 26.3 Å². The maximum atomic E-state index is 15.1. The molecule has 0 amide bonds. The Kier molecular flexibility index (Phi) is 17.2. The van der Waals surface area contributed by atoms with Gasteiger partial charge in [-0.1, -0.05) is 44.0 Å². The molecule has 16 heteroatoms. The number of alkyl halides is 4. The summed E-state index contributed by atoms with van der Waals surface area (Å²) in [6.45, 7) is 5.96. The van der Waals surface area contributed by atoms with Crippen molar-refractivity contribution in [3.05, 3.63) is 155 Å². The van der Waals surface area contributed by atoms with Gasteiger partial charge in [0.2, 0.25) is 11.6 Å². The Hall–Kier alpha value is -6.58. The molecule has 362 valence electrons. The Bertz CT molecular complexity index is 2430. The van der Waals surface area contributed by atoms with E-state index in [1.54, 1.807) is 12.1 Å². The van der Waals surface area contributed by atoms with Gasteiger partial charge in [-0.25, -0.2) is 17.6 Å². The van der Waals surface area contributed by atoms with Crippen LogP contribution in [0.2, 0.25) is 0 Å². The van der Waals surface area contributed by atoms with Crippen LogP contribution in [0.4, 0.5) is 43.9 Å². The van der Waals surface area contributed by atoms with Crippen molar-refractivity contribution in [1.29, 1.82) is 0 Å². The van der Waals surface area contributed by atoms with E-state index in [4.69, 9.17) is 28.4 Å². The lowest BCUT2D eigenvalue weighted by Crippen LogP contribution is -2.24. The molecule has 0 N–H and O–H groups in total. The smallest absolute Gasteiger partial charge is 0.429 e. The molecule has 0 aromatic heterocycles. The lowest BCUT2D eigenvalue weighted by molar-refractivity contribution is -0.188. The van der Waals surface area contributed by atoms with Gasteiger partial charge in [-0.3, -0.25) is 0 Å². The number of hydrogen-bond donors (Lipinski definition) is 0. The summed E-state index contributed by atoms with van der Waals surface area (Å²) >= 11 is 0. The predicted molar refractivity (Wildman–Crippen MR) is 236 cm³/mol. The second-order valence-corrected chi connectivity index (χ2v) is 15.7. The molecular formula is C52H48F10O6. The fourth-order valence-electron chi connectivity index (χ4n) is 7.21. The van der Waals surface area contributed by atoms with Gasteiger partial charge in [0.15, 0.2) is 23.1 Å². The molecule has 0 saturated carbocycles. The molecule has 6 aromatic carbocycles. The summed E-state index contributed by atoms with van der Waals surface area (Å²) in [5.74, 6) is -8.54. The molecule has 0 aliphatic heterocycles. The highest BCUT2D eigenvalue weighted by Crippen LogP contribution is 2.39. The van der Waals surface area contributed by atoms with Crippen LogP contribution in [0, 0.1) is 40.8 Å². The maximum absolute atomic E-state index is 15.1.